The third-order valence-corrected chi connectivity index (χ3v) is 5.20. The van der Waals surface area contributed by atoms with Gasteiger partial charge in [0.25, 0.3) is 0 Å². The Balaban J connectivity index is 1.72. The molecule has 0 atom stereocenters. The summed E-state index contributed by atoms with van der Waals surface area (Å²) in [6, 6.07) is 14.5. The molecule has 27 heavy (non-hydrogen) atoms. The zero-order valence-electron chi connectivity index (χ0n) is 16.0. The molecule has 3 aromatic rings. The van der Waals surface area contributed by atoms with E-state index in [9.17, 15) is 4.79 Å². The van der Waals surface area contributed by atoms with Gasteiger partial charge in [0.1, 0.15) is 5.76 Å². The number of hydrogen-bond donors (Lipinski definition) is 0. The van der Waals surface area contributed by atoms with E-state index in [0.717, 1.165) is 29.9 Å². The first kappa shape index (κ1) is 17.5. The average molecular weight is 360 g/mol. The van der Waals surface area contributed by atoms with Crippen LogP contribution >= 0.6 is 0 Å². The van der Waals surface area contributed by atoms with E-state index in [-0.39, 0.29) is 5.91 Å². The van der Waals surface area contributed by atoms with Gasteiger partial charge in [-0.3, -0.25) is 4.79 Å². The molecular weight excluding hydrogens is 336 g/mol. The standard InChI is InChI=1S/C23H24N2O2/c1-15(2)22-13-24-23(27-22)19-10-11-20-14-25(16(3)26)21-7-5-4-6-17(21)8-9-18(20)12-19/h4-7,10-13,15H,8-9,14H2,1-3H3. The molecule has 0 N–H and O–H groups in total. The van der Waals surface area contributed by atoms with Gasteiger partial charge in [-0.05, 0) is 47.7 Å². The van der Waals surface area contributed by atoms with Crippen molar-refractivity contribution in [2.75, 3.05) is 4.90 Å². The summed E-state index contributed by atoms with van der Waals surface area (Å²) in [7, 11) is 0. The fraction of sp³-hybridized carbons (Fsp3) is 0.304. The number of carbonyl (C=O) groups excluding carboxylic acids is 1. The highest BCUT2D eigenvalue weighted by atomic mass is 16.4. The second-order valence-corrected chi connectivity index (χ2v) is 7.44. The SMILES string of the molecule is CC(=O)N1Cc2ccc(-c3ncc(C(C)C)o3)cc2CCc2ccccc21. The molecule has 1 amide bonds. The second-order valence-electron chi connectivity index (χ2n) is 7.44. The lowest BCUT2D eigenvalue weighted by Gasteiger charge is -2.28. The van der Waals surface area contributed by atoms with Crippen LogP contribution in [0.5, 0.6) is 0 Å². The second kappa shape index (κ2) is 7.03. The molecule has 0 saturated heterocycles. The fourth-order valence-electron chi connectivity index (χ4n) is 3.62. The van der Waals surface area contributed by atoms with Crippen molar-refractivity contribution in [3.8, 4) is 11.5 Å². The molecule has 0 fully saturated rings. The molecule has 0 spiro atoms. The summed E-state index contributed by atoms with van der Waals surface area (Å²) < 4.78 is 5.92. The molecule has 4 rings (SSSR count). The van der Waals surface area contributed by atoms with Gasteiger partial charge in [0, 0.05) is 24.1 Å². The highest BCUT2D eigenvalue weighted by molar-refractivity contribution is 5.92. The molecule has 2 aromatic carbocycles. The number of amides is 1. The molecule has 0 unspecified atom stereocenters. The number of fused-ring (bicyclic) bond motifs is 2. The zero-order chi connectivity index (χ0) is 19.0. The van der Waals surface area contributed by atoms with Crippen LogP contribution in [-0.2, 0) is 24.2 Å². The molecule has 1 aliphatic rings. The Morgan fingerprint density at radius 2 is 1.85 bits per heavy atom. The number of anilines is 1. The Hall–Kier alpha value is -2.88. The summed E-state index contributed by atoms with van der Waals surface area (Å²) in [5.74, 6) is 1.94. The normalized spacial score (nSPS) is 13.7. The Kier molecular flexibility index (Phi) is 4.56. The summed E-state index contributed by atoms with van der Waals surface area (Å²) in [5.41, 5.74) is 5.65. The molecule has 0 aliphatic carbocycles. The van der Waals surface area contributed by atoms with Gasteiger partial charge in [-0.15, -0.1) is 0 Å². The largest absolute Gasteiger partial charge is 0.441 e. The Labute approximate surface area is 159 Å². The van der Waals surface area contributed by atoms with Crippen molar-refractivity contribution in [1.29, 1.82) is 0 Å². The monoisotopic (exact) mass is 360 g/mol. The first-order valence-electron chi connectivity index (χ1n) is 9.47. The fourth-order valence-corrected chi connectivity index (χ4v) is 3.62. The van der Waals surface area contributed by atoms with Crippen molar-refractivity contribution in [3.63, 3.8) is 0 Å². The number of carbonyl (C=O) groups is 1. The Bertz CT molecular complexity index is 988. The number of aryl methyl sites for hydroxylation is 2. The van der Waals surface area contributed by atoms with Crippen molar-refractivity contribution < 1.29 is 9.21 Å². The maximum absolute atomic E-state index is 12.3. The van der Waals surface area contributed by atoms with E-state index in [1.165, 1.54) is 16.7 Å². The van der Waals surface area contributed by atoms with Crippen LogP contribution in [0.1, 0.15) is 49.1 Å². The van der Waals surface area contributed by atoms with Crippen LogP contribution in [0.3, 0.4) is 0 Å². The molecule has 2 heterocycles. The van der Waals surface area contributed by atoms with E-state index in [0.29, 0.717) is 18.4 Å². The summed E-state index contributed by atoms with van der Waals surface area (Å²) in [6.45, 7) is 6.41. The number of hydrogen-bond acceptors (Lipinski definition) is 3. The minimum atomic E-state index is 0.0636. The summed E-state index contributed by atoms with van der Waals surface area (Å²) in [6.07, 6.45) is 3.65. The molecule has 0 saturated carbocycles. The molecule has 1 aliphatic heterocycles. The zero-order valence-corrected chi connectivity index (χ0v) is 16.0. The molecule has 0 bridgehead atoms. The lowest BCUT2D eigenvalue weighted by Crippen LogP contribution is -2.30. The number of nitrogens with zero attached hydrogens (tertiary/aromatic N) is 2. The van der Waals surface area contributed by atoms with E-state index in [2.05, 4.69) is 37.0 Å². The van der Waals surface area contributed by atoms with E-state index in [1.807, 2.05) is 35.4 Å². The molecule has 4 nitrogen and oxygen atoms in total. The van der Waals surface area contributed by atoms with Gasteiger partial charge >= 0.3 is 0 Å². The lowest BCUT2D eigenvalue weighted by atomic mass is 9.94. The van der Waals surface area contributed by atoms with E-state index >= 15 is 0 Å². The number of para-hydroxylation sites is 1. The minimum Gasteiger partial charge on any atom is -0.441 e. The minimum absolute atomic E-state index is 0.0636. The molecule has 4 heteroatoms. The topological polar surface area (TPSA) is 46.3 Å². The number of rotatable bonds is 2. The van der Waals surface area contributed by atoms with Crippen molar-refractivity contribution >= 4 is 11.6 Å². The van der Waals surface area contributed by atoms with E-state index in [1.54, 1.807) is 6.92 Å². The van der Waals surface area contributed by atoms with E-state index < -0.39 is 0 Å². The predicted molar refractivity (Wildman–Crippen MR) is 107 cm³/mol. The van der Waals surface area contributed by atoms with Gasteiger partial charge < -0.3 is 9.32 Å². The van der Waals surface area contributed by atoms with Crippen molar-refractivity contribution in [3.05, 3.63) is 71.1 Å². The van der Waals surface area contributed by atoms with Crippen LogP contribution in [0.25, 0.3) is 11.5 Å². The van der Waals surface area contributed by atoms with Crippen LogP contribution in [-0.4, -0.2) is 10.9 Å². The van der Waals surface area contributed by atoms with Gasteiger partial charge in [-0.25, -0.2) is 4.98 Å². The van der Waals surface area contributed by atoms with Crippen molar-refractivity contribution in [2.24, 2.45) is 0 Å². The summed E-state index contributed by atoms with van der Waals surface area (Å²) >= 11 is 0. The highest BCUT2D eigenvalue weighted by Gasteiger charge is 2.21. The van der Waals surface area contributed by atoms with Gasteiger partial charge in [0.2, 0.25) is 11.8 Å². The third kappa shape index (κ3) is 3.39. The van der Waals surface area contributed by atoms with Crippen LogP contribution < -0.4 is 4.90 Å². The van der Waals surface area contributed by atoms with Gasteiger partial charge in [-0.2, -0.15) is 0 Å². The van der Waals surface area contributed by atoms with Gasteiger partial charge in [-0.1, -0.05) is 38.1 Å². The number of aromatic nitrogens is 1. The van der Waals surface area contributed by atoms with Crippen LogP contribution in [0.2, 0.25) is 0 Å². The third-order valence-electron chi connectivity index (χ3n) is 5.20. The summed E-state index contributed by atoms with van der Waals surface area (Å²) in [4.78, 5) is 18.6. The Morgan fingerprint density at radius 3 is 2.59 bits per heavy atom. The molecule has 1 aromatic heterocycles. The predicted octanol–water partition coefficient (Wildman–Crippen LogP) is 5.12. The first-order valence-corrected chi connectivity index (χ1v) is 9.47. The lowest BCUT2D eigenvalue weighted by molar-refractivity contribution is -0.116. The molecular formula is C23H24N2O2. The van der Waals surface area contributed by atoms with Crippen LogP contribution in [0, 0.1) is 0 Å². The summed E-state index contributed by atoms with van der Waals surface area (Å²) in [5, 5.41) is 0. The maximum atomic E-state index is 12.3. The molecule has 138 valence electrons. The number of benzene rings is 2. The number of oxazole rings is 1. The van der Waals surface area contributed by atoms with Crippen LogP contribution in [0.4, 0.5) is 5.69 Å². The van der Waals surface area contributed by atoms with Gasteiger partial charge in [0.05, 0.1) is 12.7 Å². The average Bonchev–Trinajstić information content (AvgIpc) is 3.13. The van der Waals surface area contributed by atoms with Crippen LogP contribution in [0.15, 0.2) is 53.1 Å². The van der Waals surface area contributed by atoms with Gasteiger partial charge in [0.15, 0.2) is 0 Å². The van der Waals surface area contributed by atoms with Crippen molar-refractivity contribution in [2.45, 2.75) is 46.1 Å². The highest BCUT2D eigenvalue weighted by Crippen LogP contribution is 2.31. The maximum Gasteiger partial charge on any atom is 0.226 e. The first-order chi connectivity index (χ1) is 13.0. The smallest absolute Gasteiger partial charge is 0.226 e. The quantitative estimate of drug-likeness (QED) is 0.637. The van der Waals surface area contributed by atoms with E-state index in [4.69, 9.17) is 4.42 Å². The Morgan fingerprint density at radius 1 is 1.07 bits per heavy atom. The van der Waals surface area contributed by atoms with Crippen molar-refractivity contribution in [1.82, 2.24) is 4.98 Å². The molecule has 0 radical (unpaired) electrons.